The Hall–Kier alpha value is -0.540. The predicted molar refractivity (Wildman–Crippen MR) is 68.2 cm³/mol. The molecular formula is C13H17BrO2. The Balaban J connectivity index is 2.04. The van der Waals surface area contributed by atoms with Crippen LogP contribution in [-0.2, 0) is 4.74 Å². The van der Waals surface area contributed by atoms with Crippen molar-refractivity contribution in [1.82, 2.24) is 0 Å². The number of benzene rings is 1. The first-order valence-corrected chi connectivity index (χ1v) is 6.48. The molecular weight excluding hydrogens is 268 g/mol. The highest BCUT2D eigenvalue weighted by Gasteiger charge is 2.42. The van der Waals surface area contributed by atoms with Gasteiger partial charge in [0.1, 0.15) is 5.75 Å². The molecule has 88 valence electrons. The molecule has 1 aliphatic rings. The van der Waals surface area contributed by atoms with Crippen molar-refractivity contribution in [3.05, 3.63) is 29.8 Å². The van der Waals surface area contributed by atoms with Crippen LogP contribution >= 0.6 is 15.9 Å². The minimum atomic E-state index is 0.179. The van der Waals surface area contributed by atoms with Gasteiger partial charge in [0.25, 0.3) is 0 Å². The van der Waals surface area contributed by atoms with E-state index >= 15 is 0 Å². The van der Waals surface area contributed by atoms with E-state index in [1.807, 2.05) is 12.1 Å². The van der Waals surface area contributed by atoms with E-state index in [1.165, 1.54) is 5.56 Å². The Morgan fingerprint density at radius 1 is 1.25 bits per heavy atom. The van der Waals surface area contributed by atoms with Gasteiger partial charge in [0.15, 0.2) is 0 Å². The summed E-state index contributed by atoms with van der Waals surface area (Å²) in [5.41, 5.74) is 1.21. The Labute approximate surface area is 105 Å². The number of alkyl halides is 1. The van der Waals surface area contributed by atoms with Gasteiger partial charge >= 0.3 is 0 Å². The molecule has 0 bridgehead atoms. The van der Waals surface area contributed by atoms with Crippen molar-refractivity contribution < 1.29 is 9.47 Å². The van der Waals surface area contributed by atoms with Gasteiger partial charge in [0.05, 0.1) is 24.1 Å². The van der Waals surface area contributed by atoms with Crippen LogP contribution in [0.4, 0.5) is 0 Å². The van der Waals surface area contributed by atoms with E-state index in [-0.39, 0.29) is 6.10 Å². The van der Waals surface area contributed by atoms with Gasteiger partial charge in [0, 0.05) is 0 Å². The van der Waals surface area contributed by atoms with Crippen molar-refractivity contribution >= 4 is 15.9 Å². The molecule has 3 heteroatoms. The predicted octanol–water partition coefficient (Wildman–Crippen LogP) is 3.55. The zero-order chi connectivity index (χ0) is 11.7. The first kappa shape index (κ1) is 11.9. The molecule has 0 aromatic heterocycles. The first-order valence-electron chi connectivity index (χ1n) is 5.57. The Bertz CT molecular complexity index is 347. The van der Waals surface area contributed by atoms with Crippen molar-refractivity contribution in [2.45, 2.75) is 30.9 Å². The first-order chi connectivity index (χ1) is 7.63. The Morgan fingerprint density at radius 2 is 1.88 bits per heavy atom. The van der Waals surface area contributed by atoms with Crippen molar-refractivity contribution in [1.29, 1.82) is 0 Å². The summed E-state index contributed by atoms with van der Waals surface area (Å²) in [6.07, 6.45) is 0.505. The van der Waals surface area contributed by atoms with E-state index in [2.05, 4.69) is 41.9 Å². The SMILES string of the molecule is COc1ccc(C2OC(C(C)C)C2Br)cc1. The van der Waals surface area contributed by atoms with Crippen molar-refractivity contribution in [2.24, 2.45) is 5.92 Å². The van der Waals surface area contributed by atoms with Gasteiger partial charge in [0.2, 0.25) is 0 Å². The van der Waals surface area contributed by atoms with Crippen molar-refractivity contribution in [3.8, 4) is 5.75 Å². The second-order valence-electron chi connectivity index (χ2n) is 4.48. The van der Waals surface area contributed by atoms with Crippen LogP contribution in [0.25, 0.3) is 0 Å². The van der Waals surface area contributed by atoms with Crippen LogP contribution in [0.15, 0.2) is 24.3 Å². The standard InChI is InChI=1S/C13H17BrO2/c1-8(2)12-11(14)13(16-12)9-4-6-10(15-3)7-5-9/h4-8,11-13H,1-3H3. The van der Waals surface area contributed by atoms with E-state index in [0.29, 0.717) is 16.8 Å². The quantitative estimate of drug-likeness (QED) is 0.791. The average molecular weight is 285 g/mol. The molecule has 1 aromatic rings. The Morgan fingerprint density at radius 3 is 2.31 bits per heavy atom. The molecule has 0 radical (unpaired) electrons. The van der Waals surface area contributed by atoms with Crippen LogP contribution < -0.4 is 4.74 Å². The fourth-order valence-electron chi connectivity index (χ4n) is 1.98. The fourth-order valence-corrected chi connectivity index (χ4v) is 3.15. The molecule has 16 heavy (non-hydrogen) atoms. The average Bonchev–Trinajstić information content (AvgIpc) is 2.27. The maximum atomic E-state index is 5.88. The van der Waals surface area contributed by atoms with Crippen LogP contribution in [0, 0.1) is 5.92 Å². The third-order valence-electron chi connectivity index (χ3n) is 3.01. The second-order valence-corrected chi connectivity index (χ2v) is 5.54. The van der Waals surface area contributed by atoms with Gasteiger partial charge in [-0.2, -0.15) is 0 Å². The van der Waals surface area contributed by atoms with Crippen molar-refractivity contribution in [2.75, 3.05) is 7.11 Å². The van der Waals surface area contributed by atoms with Crippen LogP contribution in [0.2, 0.25) is 0 Å². The number of rotatable bonds is 3. The smallest absolute Gasteiger partial charge is 0.118 e. The largest absolute Gasteiger partial charge is 0.497 e. The molecule has 0 amide bonds. The topological polar surface area (TPSA) is 18.5 Å². The fraction of sp³-hybridized carbons (Fsp3) is 0.538. The highest BCUT2D eigenvalue weighted by molar-refractivity contribution is 9.09. The van der Waals surface area contributed by atoms with E-state index in [0.717, 1.165) is 5.75 Å². The lowest BCUT2D eigenvalue weighted by Crippen LogP contribution is -2.46. The summed E-state index contributed by atoms with van der Waals surface area (Å²) < 4.78 is 11.0. The van der Waals surface area contributed by atoms with Gasteiger partial charge in [-0.05, 0) is 23.6 Å². The van der Waals surface area contributed by atoms with Crippen LogP contribution in [0.5, 0.6) is 5.75 Å². The minimum absolute atomic E-state index is 0.179. The lowest BCUT2D eigenvalue weighted by molar-refractivity contribution is -0.136. The Kier molecular flexibility index (Phi) is 3.55. The maximum Gasteiger partial charge on any atom is 0.118 e. The maximum absolute atomic E-state index is 5.88. The monoisotopic (exact) mass is 284 g/mol. The lowest BCUT2D eigenvalue weighted by Gasteiger charge is -2.44. The summed E-state index contributed by atoms with van der Waals surface area (Å²) in [5, 5.41) is 0. The molecule has 0 spiro atoms. The van der Waals surface area contributed by atoms with E-state index < -0.39 is 0 Å². The zero-order valence-corrected chi connectivity index (χ0v) is 11.4. The third kappa shape index (κ3) is 2.11. The zero-order valence-electron chi connectivity index (χ0n) is 9.81. The third-order valence-corrected chi connectivity index (χ3v) is 4.01. The minimum Gasteiger partial charge on any atom is -0.497 e. The number of hydrogen-bond donors (Lipinski definition) is 0. The summed E-state index contributed by atoms with van der Waals surface area (Å²) in [6, 6.07) is 8.07. The number of methoxy groups -OCH3 is 1. The number of hydrogen-bond acceptors (Lipinski definition) is 2. The molecule has 0 aliphatic carbocycles. The molecule has 1 saturated heterocycles. The summed E-state index contributed by atoms with van der Waals surface area (Å²) in [4.78, 5) is 0.417. The highest BCUT2D eigenvalue weighted by Crippen LogP contribution is 2.43. The summed E-state index contributed by atoms with van der Waals surface area (Å²) in [5.74, 6) is 1.44. The van der Waals surface area contributed by atoms with Crippen LogP contribution in [0.1, 0.15) is 25.5 Å². The molecule has 3 atom stereocenters. The highest BCUT2D eigenvalue weighted by atomic mass is 79.9. The molecule has 1 aromatic carbocycles. The normalized spacial score (nSPS) is 28.9. The molecule has 3 unspecified atom stereocenters. The molecule has 1 heterocycles. The lowest BCUT2D eigenvalue weighted by atomic mass is 9.91. The molecule has 1 aliphatic heterocycles. The number of halogens is 1. The van der Waals surface area contributed by atoms with Gasteiger partial charge in [-0.15, -0.1) is 0 Å². The van der Waals surface area contributed by atoms with Crippen LogP contribution in [0.3, 0.4) is 0 Å². The van der Waals surface area contributed by atoms with E-state index in [9.17, 15) is 0 Å². The van der Waals surface area contributed by atoms with E-state index in [4.69, 9.17) is 9.47 Å². The van der Waals surface area contributed by atoms with Gasteiger partial charge < -0.3 is 9.47 Å². The summed E-state index contributed by atoms with van der Waals surface area (Å²) >= 11 is 3.71. The summed E-state index contributed by atoms with van der Waals surface area (Å²) in [6.45, 7) is 4.37. The second kappa shape index (κ2) is 4.76. The number of ether oxygens (including phenoxy) is 2. The van der Waals surface area contributed by atoms with E-state index in [1.54, 1.807) is 7.11 Å². The van der Waals surface area contributed by atoms with Crippen molar-refractivity contribution in [3.63, 3.8) is 0 Å². The molecule has 0 saturated carbocycles. The van der Waals surface area contributed by atoms with Crippen LogP contribution in [-0.4, -0.2) is 18.0 Å². The summed E-state index contributed by atoms with van der Waals surface area (Å²) in [7, 11) is 1.68. The molecule has 2 nitrogen and oxygen atoms in total. The molecule has 2 rings (SSSR count). The van der Waals surface area contributed by atoms with Gasteiger partial charge in [-0.25, -0.2) is 0 Å². The van der Waals surface area contributed by atoms with Gasteiger partial charge in [-0.3, -0.25) is 0 Å². The molecule has 1 fully saturated rings. The van der Waals surface area contributed by atoms with Gasteiger partial charge in [-0.1, -0.05) is 41.9 Å². The molecule has 0 N–H and O–H groups in total.